The maximum atomic E-state index is 12.9. The Bertz CT molecular complexity index is 374. The molecule has 18 heavy (non-hydrogen) atoms. The fraction of sp³-hybridized carbons (Fsp3) is 0.571. The molecular weight excluding hydrogens is 231 g/mol. The minimum atomic E-state index is -0.201. The second-order valence-electron chi connectivity index (χ2n) is 5.00. The van der Waals surface area contributed by atoms with Crippen molar-refractivity contribution in [3.8, 4) is 0 Å². The molecule has 100 valence electrons. The molecule has 3 nitrogen and oxygen atoms in total. The Labute approximate surface area is 108 Å². The molecule has 2 rings (SSSR count). The van der Waals surface area contributed by atoms with E-state index in [4.69, 9.17) is 10.5 Å². The molecule has 1 aliphatic heterocycles. The third-order valence-corrected chi connectivity index (χ3v) is 3.72. The molecule has 0 aliphatic carbocycles. The highest BCUT2D eigenvalue weighted by atomic mass is 19.1. The van der Waals surface area contributed by atoms with Crippen molar-refractivity contribution in [3.63, 3.8) is 0 Å². The smallest absolute Gasteiger partial charge is 0.123 e. The van der Waals surface area contributed by atoms with Crippen molar-refractivity contribution in [1.82, 2.24) is 0 Å². The SMILES string of the molecule is CCN(CC1(CN)CCOC1)c1ccc(F)cc1. The van der Waals surface area contributed by atoms with Gasteiger partial charge in [-0.15, -0.1) is 0 Å². The fourth-order valence-electron chi connectivity index (χ4n) is 2.44. The van der Waals surface area contributed by atoms with Gasteiger partial charge in [-0.3, -0.25) is 0 Å². The van der Waals surface area contributed by atoms with Crippen molar-refractivity contribution in [2.75, 3.05) is 37.7 Å². The van der Waals surface area contributed by atoms with E-state index in [1.165, 1.54) is 12.1 Å². The second-order valence-corrected chi connectivity index (χ2v) is 5.00. The van der Waals surface area contributed by atoms with Gasteiger partial charge in [-0.05, 0) is 37.6 Å². The normalized spacial score (nSPS) is 23.3. The van der Waals surface area contributed by atoms with Crippen molar-refractivity contribution in [2.24, 2.45) is 11.1 Å². The summed E-state index contributed by atoms with van der Waals surface area (Å²) in [5.41, 5.74) is 6.99. The molecule has 1 aliphatic rings. The van der Waals surface area contributed by atoms with E-state index < -0.39 is 0 Å². The topological polar surface area (TPSA) is 38.5 Å². The number of nitrogens with two attached hydrogens (primary N) is 1. The van der Waals surface area contributed by atoms with Crippen LogP contribution in [0.3, 0.4) is 0 Å². The van der Waals surface area contributed by atoms with E-state index in [2.05, 4.69) is 11.8 Å². The van der Waals surface area contributed by atoms with Crippen LogP contribution in [0.5, 0.6) is 0 Å². The lowest BCUT2D eigenvalue weighted by Gasteiger charge is -2.34. The van der Waals surface area contributed by atoms with E-state index in [1.54, 1.807) is 0 Å². The molecule has 4 heteroatoms. The van der Waals surface area contributed by atoms with Crippen LogP contribution in [-0.2, 0) is 4.74 Å². The van der Waals surface area contributed by atoms with Gasteiger partial charge in [-0.25, -0.2) is 4.39 Å². The average Bonchev–Trinajstić information content (AvgIpc) is 2.86. The van der Waals surface area contributed by atoms with Gasteiger partial charge in [-0.1, -0.05) is 0 Å². The summed E-state index contributed by atoms with van der Waals surface area (Å²) in [5.74, 6) is -0.201. The van der Waals surface area contributed by atoms with Crippen LogP contribution in [-0.4, -0.2) is 32.8 Å². The molecule has 1 fully saturated rings. The van der Waals surface area contributed by atoms with Crippen LogP contribution in [0.25, 0.3) is 0 Å². The molecule has 0 saturated carbocycles. The highest BCUT2D eigenvalue weighted by Crippen LogP contribution is 2.30. The Balaban J connectivity index is 2.11. The Hall–Kier alpha value is -1.13. The number of hydrogen-bond acceptors (Lipinski definition) is 3. The maximum Gasteiger partial charge on any atom is 0.123 e. The molecule has 0 radical (unpaired) electrons. The molecule has 1 atom stereocenters. The average molecular weight is 252 g/mol. The molecule has 1 unspecified atom stereocenters. The van der Waals surface area contributed by atoms with Crippen LogP contribution < -0.4 is 10.6 Å². The predicted octanol–water partition coefficient (Wildman–Crippen LogP) is 2.02. The van der Waals surface area contributed by atoms with E-state index in [1.807, 2.05) is 12.1 Å². The molecule has 1 aromatic rings. The number of hydrogen-bond donors (Lipinski definition) is 1. The lowest BCUT2D eigenvalue weighted by molar-refractivity contribution is 0.157. The number of anilines is 1. The van der Waals surface area contributed by atoms with Crippen molar-refractivity contribution in [2.45, 2.75) is 13.3 Å². The Morgan fingerprint density at radius 2 is 2.11 bits per heavy atom. The first-order valence-corrected chi connectivity index (χ1v) is 6.47. The van der Waals surface area contributed by atoms with E-state index in [0.717, 1.165) is 38.4 Å². The molecule has 1 saturated heterocycles. The largest absolute Gasteiger partial charge is 0.381 e. The van der Waals surface area contributed by atoms with Crippen LogP contribution in [0.2, 0.25) is 0 Å². The number of ether oxygens (including phenoxy) is 1. The molecule has 0 spiro atoms. The van der Waals surface area contributed by atoms with Crippen molar-refractivity contribution < 1.29 is 9.13 Å². The van der Waals surface area contributed by atoms with E-state index in [-0.39, 0.29) is 11.2 Å². The van der Waals surface area contributed by atoms with Crippen LogP contribution >= 0.6 is 0 Å². The van der Waals surface area contributed by atoms with Gasteiger partial charge >= 0.3 is 0 Å². The van der Waals surface area contributed by atoms with Gasteiger partial charge < -0.3 is 15.4 Å². The molecule has 0 bridgehead atoms. The predicted molar refractivity (Wildman–Crippen MR) is 71.2 cm³/mol. The van der Waals surface area contributed by atoms with Gasteiger partial charge in [0.1, 0.15) is 5.82 Å². The minimum absolute atomic E-state index is 0.0460. The van der Waals surface area contributed by atoms with E-state index in [9.17, 15) is 4.39 Å². The molecule has 0 aromatic heterocycles. The summed E-state index contributed by atoms with van der Waals surface area (Å²) in [6, 6.07) is 6.63. The molecule has 1 heterocycles. The monoisotopic (exact) mass is 252 g/mol. The lowest BCUT2D eigenvalue weighted by atomic mass is 9.86. The first-order chi connectivity index (χ1) is 8.69. The zero-order valence-electron chi connectivity index (χ0n) is 10.9. The van der Waals surface area contributed by atoms with Gasteiger partial charge in [0.2, 0.25) is 0 Å². The highest BCUT2D eigenvalue weighted by molar-refractivity contribution is 5.46. The Kier molecular flexibility index (Phi) is 4.19. The maximum absolute atomic E-state index is 12.9. The third-order valence-electron chi connectivity index (χ3n) is 3.72. The summed E-state index contributed by atoms with van der Waals surface area (Å²) in [6.07, 6.45) is 1.00. The number of rotatable bonds is 5. The first-order valence-electron chi connectivity index (χ1n) is 6.47. The lowest BCUT2D eigenvalue weighted by Crippen LogP contribution is -2.43. The second kappa shape index (κ2) is 5.67. The Morgan fingerprint density at radius 3 is 2.61 bits per heavy atom. The fourth-order valence-corrected chi connectivity index (χ4v) is 2.44. The third kappa shape index (κ3) is 2.82. The summed E-state index contributed by atoms with van der Waals surface area (Å²) >= 11 is 0. The minimum Gasteiger partial charge on any atom is -0.381 e. The summed E-state index contributed by atoms with van der Waals surface area (Å²) < 4.78 is 18.4. The summed E-state index contributed by atoms with van der Waals surface area (Å²) in [5, 5.41) is 0. The standard InChI is InChI=1S/C14H21FN2O/c1-2-17(13-5-3-12(15)4-6-13)10-14(9-16)7-8-18-11-14/h3-6H,2,7-11,16H2,1H3. The van der Waals surface area contributed by atoms with Gasteiger partial charge in [0.15, 0.2) is 0 Å². The van der Waals surface area contributed by atoms with E-state index in [0.29, 0.717) is 6.54 Å². The molecule has 1 aromatic carbocycles. The van der Waals surface area contributed by atoms with Gasteiger partial charge in [0, 0.05) is 37.3 Å². The van der Waals surface area contributed by atoms with Crippen molar-refractivity contribution >= 4 is 5.69 Å². The zero-order valence-corrected chi connectivity index (χ0v) is 10.9. The van der Waals surface area contributed by atoms with Crippen LogP contribution in [0.1, 0.15) is 13.3 Å². The van der Waals surface area contributed by atoms with Gasteiger partial charge in [0.25, 0.3) is 0 Å². The van der Waals surface area contributed by atoms with Gasteiger partial charge in [0.05, 0.1) is 6.61 Å². The summed E-state index contributed by atoms with van der Waals surface area (Å²) in [4.78, 5) is 2.24. The summed E-state index contributed by atoms with van der Waals surface area (Å²) in [7, 11) is 0. The van der Waals surface area contributed by atoms with Gasteiger partial charge in [-0.2, -0.15) is 0 Å². The van der Waals surface area contributed by atoms with Crippen LogP contribution in [0.15, 0.2) is 24.3 Å². The molecular formula is C14H21FN2O. The number of halogens is 1. The first kappa shape index (κ1) is 13.3. The van der Waals surface area contributed by atoms with Crippen molar-refractivity contribution in [3.05, 3.63) is 30.1 Å². The molecule has 0 amide bonds. The van der Waals surface area contributed by atoms with Crippen LogP contribution in [0.4, 0.5) is 10.1 Å². The number of benzene rings is 1. The highest BCUT2D eigenvalue weighted by Gasteiger charge is 2.35. The Morgan fingerprint density at radius 1 is 1.39 bits per heavy atom. The summed E-state index contributed by atoms with van der Waals surface area (Å²) in [6.45, 7) is 5.99. The molecule has 2 N–H and O–H groups in total. The van der Waals surface area contributed by atoms with E-state index >= 15 is 0 Å². The quantitative estimate of drug-likeness (QED) is 0.871. The van der Waals surface area contributed by atoms with Crippen molar-refractivity contribution in [1.29, 1.82) is 0 Å². The zero-order chi connectivity index (χ0) is 13.0. The van der Waals surface area contributed by atoms with Crippen LogP contribution in [0, 0.1) is 11.2 Å². The number of nitrogens with zero attached hydrogens (tertiary/aromatic N) is 1.